The molecule has 0 saturated carbocycles. The second kappa shape index (κ2) is 8.19. The smallest absolute Gasteiger partial charge is 0.323 e. The Kier molecular flexibility index (Phi) is 6.00. The maximum atomic E-state index is 12.3. The maximum Gasteiger partial charge on any atom is 0.323 e. The number of hydrogen-bond acceptors (Lipinski definition) is 4. The first kappa shape index (κ1) is 17.6. The van der Waals surface area contributed by atoms with Gasteiger partial charge in [0.05, 0.1) is 6.61 Å². The van der Waals surface area contributed by atoms with Crippen LogP contribution in [0.1, 0.15) is 28.8 Å². The lowest BCUT2D eigenvalue weighted by Gasteiger charge is -2.27. The molecule has 24 heavy (non-hydrogen) atoms. The minimum atomic E-state index is -1.02. The van der Waals surface area contributed by atoms with E-state index in [2.05, 4.69) is 5.32 Å². The molecule has 0 unspecified atom stereocenters. The van der Waals surface area contributed by atoms with Crippen LogP contribution in [0.3, 0.4) is 0 Å². The fourth-order valence-corrected chi connectivity index (χ4v) is 2.53. The van der Waals surface area contributed by atoms with Crippen molar-refractivity contribution >= 4 is 17.9 Å². The summed E-state index contributed by atoms with van der Waals surface area (Å²) in [5.74, 6) is -0.735. The molecule has 3 amide bonds. The standard InChI is InChI=1S/C16H21N3O5/c17-16(23)18-6-1-2-8-24-12-4-3-11-5-7-19(10-14(20)21)15(22)13(11)9-12/h3-4,9H,1-2,5-8,10H2,(H,20,21)(H3,17,18,23). The third kappa shape index (κ3) is 4.87. The zero-order valence-corrected chi connectivity index (χ0v) is 13.3. The van der Waals surface area contributed by atoms with Gasteiger partial charge >= 0.3 is 12.0 Å². The van der Waals surface area contributed by atoms with Crippen molar-refractivity contribution in [3.8, 4) is 5.75 Å². The van der Waals surface area contributed by atoms with Crippen LogP contribution in [-0.2, 0) is 11.2 Å². The topological polar surface area (TPSA) is 122 Å². The Bertz CT molecular complexity index is 632. The van der Waals surface area contributed by atoms with Crippen molar-refractivity contribution in [3.05, 3.63) is 29.3 Å². The molecule has 8 nitrogen and oxygen atoms in total. The van der Waals surface area contributed by atoms with Crippen molar-refractivity contribution in [1.29, 1.82) is 0 Å². The van der Waals surface area contributed by atoms with E-state index >= 15 is 0 Å². The Balaban J connectivity index is 1.88. The summed E-state index contributed by atoms with van der Waals surface area (Å²) in [4.78, 5) is 35.0. The van der Waals surface area contributed by atoms with Gasteiger partial charge in [-0.3, -0.25) is 9.59 Å². The van der Waals surface area contributed by atoms with E-state index in [1.807, 2.05) is 6.07 Å². The summed E-state index contributed by atoms with van der Waals surface area (Å²) in [6.07, 6.45) is 2.10. The van der Waals surface area contributed by atoms with E-state index in [-0.39, 0.29) is 12.5 Å². The zero-order chi connectivity index (χ0) is 17.5. The second-order valence-electron chi connectivity index (χ2n) is 5.54. The minimum Gasteiger partial charge on any atom is -0.494 e. The number of nitrogens with one attached hydrogen (secondary N) is 1. The van der Waals surface area contributed by atoms with Crippen LogP contribution in [-0.4, -0.2) is 54.2 Å². The third-order valence-electron chi connectivity index (χ3n) is 3.72. The molecule has 0 fully saturated rings. The minimum absolute atomic E-state index is 0.283. The van der Waals surface area contributed by atoms with Gasteiger partial charge in [0, 0.05) is 18.7 Å². The number of carboxylic acids is 1. The Morgan fingerprint density at radius 2 is 2.12 bits per heavy atom. The average Bonchev–Trinajstić information content (AvgIpc) is 2.53. The van der Waals surface area contributed by atoms with Crippen LogP contribution in [0.5, 0.6) is 5.75 Å². The summed E-state index contributed by atoms with van der Waals surface area (Å²) in [5.41, 5.74) is 6.36. The molecule has 0 spiro atoms. The molecule has 1 aliphatic heterocycles. The van der Waals surface area contributed by atoms with Gasteiger partial charge in [0.2, 0.25) is 0 Å². The highest BCUT2D eigenvalue weighted by atomic mass is 16.5. The number of aliphatic carboxylic acids is 1. The number of carbonyl (C=O) groups is 3. The number of nitrogens with two attached hydrogens (primary N) is 1. The van der Waals surface area contributed by atoms with E-state index < -0.39 is 12.0 Å². The van der Waals surface area contributed by atoms with Crippen LogP contribution in [0, 0.1) is 0 Å². The van der Waals surface area contributed by atoms with Crippen molar-refractivity contribution in [3.63, 3.8) is 0 Å². The summed E-state index contributed by atoms with van der Waals surface area (Å²) in [5, 5.41) is 11.4. The molecule has 0 bridgehead atoms. The van der Waals surface area contributed by atoms with Crippen LogP contribution in [0.15, 0.2) is 18.2 Å². The lowest BCUT2D eigenvalue weighted by molar-refractivity contribution is -0.137. The number of fused-ring (bicyclic) bond motifs is 1. The van der Waals surface area contributed by atoms with Gasteiger partial charge < -0.3 is 25.8 Å². The number of ether oxygens (including phenoxy) is 1. The highest BCUT2D eigenvalue weighted by Gasteiger charge is 2.26. The number of urea groups is 1. The summed E-state index contributed by atoms with van der Waals surface area (Å²) in [6.45, 7) is 1.05. The molecular formula is C16H21N3O5. The highest BCUT2D eigenvalue weighted by molar-refractivity contribution is 5.98. The molecule has 0 aromatic heterocycles. The third-order valence-corrected chi connectivity index (χ3v) is 3.72. The van der Waals surface area contributed by atoms with Gasteiger partial charge in [-0.2, -0.15) is 0 Å². The number of nitrogens with zero attached hydrogens (tertiary/aromatic N) is 1. The first-order chi connectivity index (χ1) is 11.5. The number of rotatable bonds is 8. The van der Waals surface area contributed by atoms with Gasteiger partial charge in [-0.1, -0.05) is 6.07 Å². The van der Waals surface area contributed by atoms with Crippen LogP contribution in [0.4, 0.5) is 4.79 Å². The molecule has 130 valence electrons. The molecule has 1 aromatic rings. The van der Waals surface area contributed by atoms with Gasteiger partial charge in [0.15, 0.2) is 0 Å². The van der Waals surface area contributed by atoms with Crippen LogP contribution in [0.25, 0.3) is 0 Å². The molecule has 1 aliphatic rings. The number of unbranched alkanes of at least 4 members (excludes halogenated alkanes) is 1. The Morgan fingerprint density at radius 3 is 2.83 bits per heavy atom. The Morgan fingerprint density at radius 1 is 1.33 bits per heavy atom. The molecular weight excluding hydrogens is 314 g/mol. The largest absolute Gasteiger partial charge is 0.494 e. The van der Waals surface area contributed by atoms with Gasteiger partial charge in [0.25, 0.3) is 5.91 Å². The Hall–Kier alpha value is -2.77. The summed E-state index contributed by atoms with van der Waals surface area (Å²) >= 11 is 0. The number of benzene rings is 1. The Labute approximate surface area is 139 Å². The second-order valence-corrected chi connectivity index (χ2v) is 5.54. The molecule has 4 N–H and O–H groups in total. The fourth-order valence-electron chi connectivity index (χ4n) is 2.53. The predicted molar refractivity (Wildman–Crippen MR) is 86.0 cm³/mol. The number of amides is 3. The van der Waals surface area contributed by atoms with Gasteiger partial charge in [0.1, 0.15) is 12.3 Å². The van der Waals surface area contributed by atoms with Crippen molar-refractivity contribution in [2.75, 3.05) is 26.2 Å². The summed E-state index contributed by atoms with van der Waals surface area (Å²) in [7, 11) is 0. The molecule has 8 heteroatoms. The van der Waals surface area contributed by atoms with Crippen LogP contribution in [0.2, 0.25) is 0 Å². The predicted octanol–water partition coefficient (Wildman–Crippen LogP) is 0.597. The lowest BCUT2D eigenvalue weighted by atomic mass is 9.98. The molecule has 0 atom stereocenters. The van der Waals surface area contributed by atoms with E-state index in [1.165, 1.54) is 4.90 Å². The first-order valence-electron chi connectivity index (χ1n) is 7.77. The monoisotopic (exact) mass is 335 g/mol. The quantitative estimate of drug-likeness (QED) is 0.600. The molecule has 1 aromatic carbocycles. The molecule has 2 rings (SSSR count). The van der Waals surface area contributed by atoms with Gasteiger partial charge in [-0.05, 0) is 37.0 Å². The van der Waals surface area contributed by atoms with Crippen molar-refractivity contribution < 1.29 is 24.2 Å². The fraction of sp³-hybridized carbons (Fsp3) is 0.438. The average molecular weight is 335 g/mol. The van der Waals surface area contributed by atoms with E-state index in [1.54, 1.807) is 12.1 Å². The van der Waals surface area contributed by atoms with Gasteiger partial charge in [-0.15, -0.1) is 0 Å². The number of hydrogen-bond donors (Lipinski definition) is 3. The normalized spacial score (nSPS) is 13.3. The number of primary amides is 1. The van der Waals surface area contributed by atoms with Gasteiger partial charge in [-0.25, -0.2) is 4.79 Å². The molecule has 0 aliphatic carbocycles. The van der Waals surface area contributed by atoms with Crippen molar-refractivity contribution in [2.24, 2.45) is 5.73 Å². The number of carbonyl (C=O) groups excluding carboxylic acids is 2. The lowest BCUT2D eigenvalue weighted by Crippen LogP contribution is -2.40. The van der Waals surface area contributed by atoms with E-state index in [0.29, 0.717) is 37.4 Å². The SMILES string of the molecule is NC(=O)NCCCCOc1ccc2c(c1)C(=O)N(CC(=O)O)CC2. The first-order valence-corrected chi connectivity index (χ1v) is 7.77. The van der Waals surface area contributed by atoms with Crippen LogP contribution < -0.4 is 15.8 Å². The molecule has 0 saturated heterocycles. The van der Waals surface area contributed by atoms with Crippen molar-refractivity contribution in [1.82, 2.24) is 10.2 Å². The summed E-state index contributed by atoms with van der Waals surface area (Å²) < 4.78 is 5.61. The van der Waals surface area contributed by atoms with E-state index in [4.69, 9.17) is 15.6 Å². The van der Waals surface area contributed by atoms with E-state index in [0.717, 1.165) is 18.4 Å². The maximum absolute atomic E-state index is 12.3. The zero-order valence-electron chi connectivity index (χ0n) is 13.3. The number of carboxylic acid groups (broad SMARTS) is 1. The molecule has 1 heterocycles. The van der Waals surface area contributed by atoms with E-state index in [9.17, 15) is 14.4 Å². The highest BCUT2D eigenvalue weighted by Crippen LogP contribution is 2.24. The summed E-state index contributed by atoms with van der Waals surface area (Å²) in [6, 6.07) is 4.76. The molecule has 0 radical (unpaired) electrons. The van der Waals surface area contributed by atoms with Crippen molar-refractivity contribution in [2.45, 2.75) is 19.3 Å². The van der Waals surface area contributed by atoms with Crippen LogP contribution >= 0.6 is 0 Å².